The quantitative estimate of drug-likeness (QED) is 0.768. The van der Waals surface area contributed by atoms with E-state index in [9.17, 15) is 0 Å². The van der Waals surface area contributed by atoms with Crippen LogP contribution < -0.4 is 16.2 Å². The van der Waals surface area contributed by atoms with Crippen LogP contribution in [0.15, 0.2) is 24.7 Å². The van der Waals surface area contributed by atoms with Gasteiger partial charge in [0.2, 0.25) is 5.95 Å². The minimum absolute atomic E-state index is 0.150. The minimum atomic E-state index is 0.150. The molecule has 0 aromatic carbocycles. The summed E-state index contributed by atoms with van der Waals surface area (Å²) in [7, 11) is 1.57. The molecule has 0 unspecified atom stereocenters. The Morgan fingerprint density at radius 2 is 2.00 bits per heavy atom. The number of ether oxygens (including phenoxy) is 1. The fourth-order valence-electron chi connectivity index (χ4n) is 1.31. The fourth-order valence-corrected chi connectivity index (χ4v) is 1.31. The maximum atomic E-state index is 5.75. The second-order valence-electron chi connectivity index (χ2n) is 3.14. The SMILES string of the molecule is COc1cncc(-c2cnc(N)nc2N)c1. The summed E-state index contributed by atoms with van der Waals surface area (Å²) in [6, 6.07) is 1.80. The third kappa shape index (κ3) is 1.85. The summed E-state index contributed by atoms with van der Waals surface area (Å²) in [5.74, 6) is 1.12. The summed E-state index contributed by atoms with van der Waals surface area (Å²) in [6.07, 6.45) is 4.83. The fraction of sp³-hybridized carbons (Fsp3) is 0.100. The Morgan fingerprint density at radius 3 is 2.69 bits per heavy atom. The molecular weight excluding hydrogens is 206 g/mol. The highest BCUT2D eigenvalue weighted by atomic mass is 16.5. The van der Waals surface area contributed by atoms with Gasteiger partial charge in [0.25, 0.3) is 0 Å². The molecule has 6 nitrogen and oxygen atoms in total. The summed E-state index contributed by atoms with van der Waals surface area (Å²) >= 11 is 0. The smallest absolute Gasteiger partial charge is 0.221 e. The van der Waals surface area contributed by atoms with Gasteiger partial charge in [-0.2, -0.15) is 4.98 Å². The van der Waals surface area contributed by atoms with E-state index >= 15 is 0 Å². The summed E-state index contributed by atoms with van der Waals surface area (Å²) in [4.78, 5) is 11.8. The molecule has 0 aliphatic heterocycles. The van der Waals surface area contributed by atoms with Gasteiger partial charge in [-0.15, -0.1) is 0 Å². The zero-order valence-electron chi connectivity index (χ0n) is 8.71. The lowest BCUT2D eigenvalue weighted by Crippen LogP contribution is -2.01. The summed E-state index contributed by atoms with van der Waals surface area (Å²) in [5.41, 5.74) is 12.6. The number of hydrogen-bond donors (Lipinski definition) is 2. The first-order valence-electron chi connectivity index (χ1n) is 4.58. The van der Waals surface area contributed by atoms with Crippen molar-refractivity contribution < 1.29 is 4.74 Å². The standard InChI is InChI=1S/C10H11N5O/c1-16-7-2-6(3-13-4-7)8-5-14-10(12)15-9(8)11/h2-5H,1H3,(H4,11,12,14,15). The molecule has 0 aliphatic rings. The van der Waals surface area contributed by atoms with E-state index in [1.54, 1.807) is 31.8 Å². The average molecular weight is 217 g/mol. The lowest BCUT2D eigenvalue weighted by molar-refractivity contribution is 0.413. The zero-order valence-corrected chi connectivity index (χ0v) is 8.71. The molecule has 4 N–H and O–H groups in total. The molecular formula is C10H11N5O. The molecule has 16 heavy (non-hydrogen) atoms. The Morgan fingerprint density at radius 1 is 1.19 bits per heavy atom. The molecule has 82 valence electrons. The van der Waals surface area contributed by atoms with Crippen LogP contribution in [0, 0.1) is 0 Å². The Bertz CT molecular complexity index is 514. The highest BCUT2D eigenvalue weighted by Crippen LogP contribution is 2.25. The zero-order chi connectivity index (χ0) is 11.5. The van der Waals surface area contributed by atoms with Crippen molar-refractivity contribution in [1.82, 2.24) is 15.0 Å². The molecule has 2 aromatic heterocycles. The van der Waals surface area contributed by atoms with E-state index in [1.165, 1.54) is 0 Å². The average Bonchev–Trinajstić information content (AvgIpc) is 2.29. The van der Waals surface area contributed by atoms with Crippen molar-refractivity contribution in [2.75, 3.05) is 18.6 Å². The number of pyridine rings is 1. The second kappa shape index (κ2) is 4.01. The molecule has 0 atom stereocenters. The maximum absolute atomic E-state index is 5.75. The van der Waals surface area contributed by atoms with E-state index in [4.69, 9.17) is 16.2 Å². The topological polar surface area (TPSA) is 99.9 Å². The number of aromatic nitrogens is 3. The van der Waals surface area contributed by atoms with Crippen molar-refractivity contribution in [2.24, 2.45) is 0 Å². The van der Waals surface area contributed by atoms with E-state index in [0.717, 1.165) is 5.56 Å². The van der Waals surface area contributed by atoms with Crippen LogP contribution in [0.25, 0.3) is 11.1 Å². The number of nitrogens with zero attached hydrogens (tertiary/aromatic N) is 3. The number of nitrogens with two attached hydrogens (primary N) is 2. The number of anilines is 2. The Kier molecular flexibility index (Phi) is 2.55. The van der Waals surface area contributed by atoms with E-state index in [2.05, 4.69) is 15.0 Å². The van der Waals surface area contributed by atoms with Gasteiger partial charge in [0.15, 0.2) is 0 Å². The number of nitrogen functional groups attached to an aromatic ring is 2. The van der Waals surface area contributed by atoms with Gasteiger partial charge >= 0.3 is 0 Å². The lowest BCUT2D eigenvalue weighted by atomic mass is 10.1. The van der Waals surface area contributed by atoms with Crippen LogP contribution in [0.4, 0.5) is 11.8 Å². The number of hydrogen-bond acceptors (Lipinski definition) is 6. The van der Waals surface area contributed by atoms with Crippen LogP contribution >= 0.6 is 0 Å². The predicted octanol–water partition coefficient (Wildman–Crippen LogP) is 0.712. The molecule has 0 saturated carbocycles. The van der Waals surface area contributed by atoms with E-state index in [0.29, 0.717) is 17.1 Å². The van der Waals surface area contributed by atoms with Gasteiger partial charge in [0.05, 0.1) is 13.3 Å². The van der Waals surface area contributed by atoms with E-state index in [-0.39, 0.29) is 5.95 Å². The Hall–Kier alpha value is -2.37. The van der Waals surface area contributed by atoms with E-state index < -0.39 is 0 Å². The van der Waals surface area contributed by atoms with E-state index in [1.807, 2.05) is 0 Å². The summed E-state index contributed by atoms with van der Waals surface area (Å²) in [6.45, 7) is 0. The molecule has 0 aliphatic carbocycles. The van der Waals surface area contributed by atoms with Crippen LogP contribution in [0.5, 0.6) is 5.75 Å². The van der Waals surface area contributed by atoms with Crippen LogP contribution in [0.2, 0.25) is 0 Å². The highest BCUT2D eigenvalue weighted by molar-refractivity contribution is 5.73. The molecule has 0 spiro atoms. The minimum Gasteiger partial charge on any atom is -0.495 e. The third-order valence-corrected chi connectivity index (χ3v) is 2.10. The van der Waals surface area contributed by atoms with Crippen LogP contribution in [0.3, 0.4) is 0 Å². The molecule has 6 heteroatoms. The second-order valence-corrected chi connectivity index (χ2v) is 3.14. The third-order valence-electron chi connectivity index (χ3n) is 2.10. The van der Waals surface area contributed by atoms with Gasteiger partial charge in [-0.1, -0.05) is 0 Å². The highest BCUT2D eigenvalue weighted by Gasteiger charge is 2.06. The molecule has 0 saturated heterocycles. The molecule has 0 radical (unpaired) electrons. The Labute approximate surface area is 92.3 Å². The molecule has 0 bridgehead atoms. The van der Waals surface area contributed by atoms with Gasteiger partial charge in [-0.25, -0.2) is 4.98 Å². The van der Waals surface area contributed by atoms with Gasteiger partial charge in [0, 0.05) is 23.5 Å². The van der Waals surface area contributed by atoms with Crippen molar-refractivity contribution in [1.29, 1.82) is 0 Å². The first kappa shape index (κ1) is 10.2. The van der Waals surface area contributed by atoms with Gasteiger partial charge in [-0.3, -0.25) is 4.98 Å². The van der Waals surface area contributed by atoms with Crippen molar-refractivity contribution >= 4 is 11.8 Å². The monoisotopic (exact) mass is 217 g/mol. The summed E-state index contributed by atoms with van der Waals surface area (Å²) < 4.78 is 5.07. The number of methoxy groups -OCH3 is 1. The van der Waals surface area contributed by atoms with Crippen LogP contribution in [0.1, 0.15) is 0 Å². The van der Waals surface area contributed by atoms with Gasteiger partial charge in [0.1, 0.15) is 11.6 Å². The largest absolute Gasteiger partial charge is 0.495 e. The summed E-state index contributed by atoms with van der Waals surface area (Å²) in [5, 5.41) is 0. The number of rotatable bonds is 2. The van der Waals surface area contributed by atoms with Crippen molar-refractivity contribution in [2.45, 2.75) is 0 Å². The van der Waals surface area contributed by atoms with Crippen molar-refractivity contribution in [3.8, 4) is 16.9 Å². The maximum Gasteiger partial charge on any atom is 0.221 e. The lowest BCUT2D eigenvalue weighted by Gasteiger charge is -2.06. The molecule has 2 aromatic rings. The molecule has 0 fully saturated rings. The van der Waals surface area contributed by atoms with Gasteiger partial charge in [-0.05, 0) is 6.07 Å². The Balaban J connectivity index is 2.49. The van der Waals surface area contributed by atoms with Crippen molar-refractivity contribution in [3.63, 3.8) is 0 Å². The molecule has 2 rings (SSSR count). The molecule has 2 heterocycles. The van der Waals surface area contributed by atoms with Crippen LogP contribution in [-0.4, -0.2) is 22.1 Å². The predicted molar refractivity (Wildman–Crippen MR) is 60.6 cm³/mol. The van der Waals surface area contributed by atoms with Crippen molar-refractivity contribution in [3.05, 3.63) is 24.7 Å². The van der Waals surface area contributed by atoms with Crippen LogP contribution in [-0.2, 0) is 0 Å². The normalized spacial score (nSPS) is 10.1. The van der Waals surface area contributed by atoms with Gasteiger partial charge < -0.3 is 16.2 Å². The molecule has 0 amide bonds. The first-order chi connectivity index (χ1) is 7.70. The first-order valence-corrected chi connectivity index (χ1v) is 4.58.